The number of amides is 2. The lowest BCUT2D eigenvalue weighted by Crippen LogP contribution is -2.47. The third-order valence-corrected chi connectivity index (χ3v) is 9.24. The van der Waals surface area contributed by atoms with E-state index in [1.54, 1.807) is 6.08 Å². The summed E-state index contributed by atoms with van der Waals surface area (Å²) in [5, 5.41) is 14.4. The van der Waals surface area contributed by atoms with Crippen LogP contribution in [0.3, 0.4) is 0 Å². The van der Waals surface area contributed by atoms with E-state index < -0.39 is 55.8 Å². The zero-order valence-electron chi connectivity index (χ0n) is 22.8. The molecule has 0 heterocycles. The summed E-state index contributed by atoms with van der Waals surface area (Å²) in [6, 6.07) is 10.7. The quantitative estimate of drug-likeness (QED) is 0.233. The molecule has 0 aromatic heterocycles. The van der Waals surface area contributed by atoms with Crippen LogP contribution in [0.5, 0.6) is 5.75 Å². The molecule has 1 fully saturated rings. The van der Waals surface area contributed by atoms with Crippen LogP contribution in [0.25, 0.3) is 11.1 Å². The van der Waals surface area contributed by atoms with Gasteiger partial charge in [0.15, 0.2) is 0 Å². The second-order valence-electron chi connectivity index (χ2n) is 10.4. The molecule has 0 saturated heterocycles. The molecule has 0 aliphatic heterocycles. The first kappa shape index (κ1) is 30.7. The van der Waals surface area contributed by atoms with Crippen molar-refractivity contribution in [1.82, 2.24) is 5.32 Å². The van der Waals surface area contributed by atoms with Gasteiger partial charge < -0.3 is 20.5 Å². The molecular weight excluding hydrogens is 608 g/mol. The van der Waals surface area contributed by atoms with E-state index in [0.29, 0.717) is 18.1 Å². The van der Waals surface area contributed by atoms with E-state index >= 15 is 4.39 Å². The smallest absolute Gasteiger partial charge is 0.496 e. The minimum absolute atomic E-state index is 0.00344. The highest BCUT2D eigenvalue weighted by atomic mass is 32.2. The fraction of sp³-hybridized carbons (Fsp3) is 0.233. The van der Waals surface area contributed by atoms with E-state index in [9.17, 15) is 36.0 Å². The first-order chi connectivity index (χ1) is 20.7. The normalized spacial score (nSPS) is 20.8. The van der Waals surface area contributed by atoms with Crippen molar-refractivity contribution in [2.75, 3.05) is 12.4 Å². The number of hydrogen-bond acceptors (Lipinski definition) is 6. The summed E-state index contributed by atoms with van der Waals surface area (Å²) in [5.74, 6) is -4.73. The second kappa shape index (κ2) is 11.4. The van der Waals surface area contributed by atoms with Crippen LogP contribution in [0, 0.1) is 23.6 Å². The number of nitrogens with one attached hydrogen (secondary N) is 2. The Labute approximate surface area is 248 Å². The van der Waals surface area contributed by atoms with E-state index in [4.69, 9.17) is 9.84 Å². The Morgan fingerprint density at radius 3 is 2.30 bits per heavy atom. The molecule has 4 unspecified atom stereocenters. The van der Waals surface area contributed by atoms with E-state index in [-0.39, 0.29) is 40.0 Å². The highest BCUT2D eigenvalue weighted by molar-refractivity contribution is 7.92. The minimum atomic E-state index is -5.64. The SMILES string of the molecule is COc1cc(F)c(-c2ccc(C(=O)O)cc2)cc1C(=O)NC1C2C=CC(C2)C1C(=O)Nc1cccc(S(=O)(=O)C(F)(F)F)c1. The maximum absolute atomic E-state index is 15.0. The number of fused-ring (bicyclic) bond motifs is 2. The first-order valence-corrected chi connectivity index (χ1v) is 14.6. The van der Waals surface area contributed by atoms with Crippen molar-refractivity contribution in [3.8, 4) is 16.9 Å². The Kier molecular flexibility index (Phi) is 7.97. The molecule has 0 radical (unpaired) electrons. The molecule has 2 aliphatic carbocycles. The van der Waals surface area contributed by atoms with E-state index in [1.807, 2.05) is 6.08 Å². The number of hydrogen-bond donors (Lipinski definition) is 3. The van der Waals surface area contributed by atoms with Crippen molar-refractivity contribution in [1.29, 1.82) is 0 Å². The van der Waals surface area contributed by atoms with Crippen molar-refractivity contribution in [3.63, 3.8) is 0 Å². The minimum Gasteiger partial charge on any atom is -0.496 e. The Bertz CT molecular complexity index is 1790. The Morgan fingerprint density at radius 2 is 1.66 bits per heavy atom. The third kappa shape index (κ3) is 5.64. The number of allylic oxidation sites excluding steroid dienone is 1. The van der Waals surface area contributed by atoms with Gasteiger partial charge in [0.1, 0.15) is 11.6 Å². The van der Waals surface area contributed by atoms with Gasteiger partial charge in [0.2, 0.25) is 5.91 Å². The zero-order valence-corrected chi connectivity index (χ0v) is 23.6. The van der Waals surface area contributed by atoms with Crippen molar-refractivity contribution in [3.05, 3.63) is 89.8 Å². The van der Waals surface area contributed by atoms with Crippen molar-refractivity contribution >= 4 is 33.3 Å². The summed E-state index contributed by atoms with van der Waals surface area (Å²) in [6.07, 6.45) is 4.15. The lowest BCUT2D eigenvalue weighted by molar-refractivity contribution is -0.121. The maximum atomic E-state index is 15.0. The van der Waals surface area contributed by atoms with Crippen LogP contribution >= 0.6 is 0 Å². The predicted molar refractivity (Wildman–Crippen MR) is 149 cm³/mol. The summed E-state index contributed by atoms with van der Waals surface area (Å²) in [6.45, 7) is 0. The van der Waals surface area contributed by atoms with Gasteiger partial charge in [-0.25, -0.2) is 17.6 Å². The maximum Gasteiger partial charge on any atom is 0.501 e. The molecule has 9 nitrogen and oxygen atoms in total. The van der Waals surface area contributed by atoms with Gasteiger partial charge in [0, 0.05) is 23.4 Å². The average Bonchev–Trinajstić information content (AvgIpc) is 3.58. The number of halogens is 4. The standard InChI is InChI=1S/C30H24F4N2O7S/c1-43-24-14-23(31)21(15-5-7-16(8-6-15)29(39)40)13-22(24)27(37)36-26-18-10-9-17(11-18)25(26)28(38)35-19-3-2-4-20(12-19)44(41,42)30(32,33)34/h2-10,12-14,17-18,25-26H,11H2,1H3,(H,35,38)(H,36,37)(H,39,40). The van der Waals surface area contributed by atoms with Crippen molar-refractivity contribution in [2.45, 2.75) is 22.9 Å². The summed E-state index contributed by atoms with van der Waals surface area (Å²) in [7, 11) is -4.40. The van der Waals surface area contributed by atoms with Crippen molar-refractivity contribution in [2.24, 2.45) is 17.8 Å². The molecule has 44 heavy (non-hydrogen) atoms. The van der Waals surface area contributed by atoms with Crippen LogP contribution in [0.4, 0.5) is 23.2 Å². The monoisotopic (exact) mass is 632 g/mol. The molecule has 4 atom stereocenters. The van der Waals surface area contributed by atoms with Gasteiger partial charge in [-0.15, -0.1) is 0 Å². The number of carbonyl (C=O) groups excluding carboxylic acids is 2. The molecule has 14 heteroatoms. The van der Waals surface area contributed by atoms with Crippen LogP contribution in [-0.2, 0) is 14.6 Å². The average molecular weight is 633 g/mol. The highest BCUT2D eigenvalue weighted by Gasteiger charge is 2.49. The Balaban J connectivity index is 1.40. The number of carbonyl (C=O) groups is 3. The molecule has 3 aromatic rings. The number of alkyl halides is 3. The predicted octanol–water partition coefficient (Wildman–Crippen LogP) is 5.05. The number of methoxy groups -OCH3 is 1. The Morgan fingerprint density at radius 1 is 0.977 bits per heavy atom. The van der Waals surface area contributed by atoms with Gasteiger partial charge in [-0.1, -0.05) is 30.4 Å². The van der Waals surface area contributed by atoms with Gasteiger partial charge in [-0.2, -0.15) is 13.2 Å². The zero-order chi connectivity index (χ0) is 32.0. The Hall–Kier alpha value is -4.72. The summed E-state index contributed by atoms with van der Waals surface area (Å²) < 4.78 is 83.0. The molecule has 2 aliphatic rings. The summed E-state index contributed by atoms with van der Waals surface area (Å²) >= 11 is 0. The topological polar surface area (TPSA) is 139 Å². The van der Waals surface area contributed by atoms with Crippen LogP contribution in [0.15, 0.2) is 77.7 Å². The third-order valence-electron chi connectivity index (χ3n) is 7.75. The molecule has 3 N–H and O–H groups in total. The molecule has 0 spiro atoms. The number of carboxylic acid groups (broad SMARTS) is 1. The van der Waals surface area contributed by atoms with Crippen LogP contribution in [0.1, 0.15) is 27.1 Å². The molecule has 3 aromatic carbocycles. The summed E-state index contributed by atoms with van der Waals surface area (Å²) in [5.41, 5.74) is -5.45. The largest absolute Gasteiger partial charge is 0.501 e. The highest BCUT2D eigenvalue weighted by Crippen LogP contribution is 2.45. The van der Waals surface area contributed by atoms with Gasteiger partial charge in [-0.3, -0.25) is 9.59 Å². The molecule has 2 bridgehead atoms. The van der Waals surface area contributed by atoms with Crippen molar-refractivity contribution < 1.29 is 50.2 Å². The number of rotatable bonds is 8. The molecular formula is C30H24F4N2O7S. The van der Waals surface area contributed by atoms with Crippen LogP contribution in [-0.4, -0.2) is 50.0 Å². The second-order valence-corrected chi connectivity index (χ2v) is 12.3. The van der Waals surface area contributed by atoms with Gasteiger partial charge in [0.25, 0.3) is 15.7 Å². The first-order valence-electron chi connectivity index (χ1n) is 13.1. The van der Waals surface area contributed by atoms with E-state index in [2.05, 4.69) is 10.6 Å². The molecule has 5 rings (SSSR count). The van der Waals surface area contributed by atoms with Gasteiger partial charge in [-0.05, 0) is 60.2 Å². The number of benzene rings is 3. The van der Waals surface area contributed by atoms with Crippen LogP contribution in [0.2, 0.25) is 0 Å². The van der Waals surface area contributed by atoms with Gasteiger partial charge >= 0.3 is 11.5 Å². The lowest BCUT2D eigenvalue weighted by atomic mass is 9.87. The molecule has 230 valence electrons. The number of ether oxygens (including phenoxy) is 1. The fourth-order valence-electron chi connectivity index (χ4n) is 5.62. The lowest BCUT2D eigenvalue weighted by Gasteiger charge is -2.28. The molecule has 1 saturated carbocycles. The van der Waals surface area contributed by atoms with E-state index in [1.165, 1.54) is 43.5 Å². The number of anilines is 1. The van der Waals surface area contributed by atoms with E-state index in [0.717, 1.165) is 18.2 Å². The molecule has 2 amide bonds. The number of sulfone groups is 1. The number of aromatic carboxylic acids is 1. The summed E-state index contributed by atoms with van der Waals surface area (Å²) in [4.78, 5) is 37.1. The van der Waals surface area contributed by atoms with Crippen LogP contribution < -0.4 is 15.4 Å². The fourth-order valence-corrected chi connectivity index (χ4v) is 6.43. The van der Waals surface area contributed by atoms with Gasteiger partial charge in [0.05, 0.1) is 29.1 Å². The number of carboxylic acids is 1.